The van der Waals surface area contributed by atoms with Crippen LogP contribution in [0.5, 0.6) is 0 Å². The molecule has 0 aliphatic carbocycles. The first kappa shape index (κ1) is 28.8. The summed E-state index contributed by atoms with van der Waals surface area (Å²) in [7, 11) is 0. The van der Waals surface area contributed by atoms with Crippen LogP contribution in [0, 0.1) is 11.2 Å². The van der Waals surface area contributed by atoms with Gasteiger partial charge in [0.05, 0.1) is 5.52 Å². The molecule has 0 radical (unpaired) electrons. The molecular formula is C30H35ClFN3O4. The number of hydrogen-bond donors (Lipinski definition) is 3. The van der Waals surface area contributed by atoms with E-state index in [1.807, 2.05) is 46.4 Å². The molecule has 1 saturated heterocycles. The van der Waals surface area contributed by atoms with Gasteiger partial charge < -0.3 is 15.4 Å². The first-order chi connectivity index (χ1) is 18.1. The van der Waals surface area contributed by atoms with Gasteiger partial charge in [-0.25, -0.2) is 4.39 Å². The van der Waals surface area contributed by atoms with Crippen LogP contribution in [0.4, 0.5) is 4.39 Å². The fourth-order valence-electron chi connectivity index (χ4n) is 6.17. The van der Waals surface area contributed by atoms with Crippen LogP contribution in [0.15, 0.2) is 47.4 Å². The fourth-order valence-corrected chi connectivity index (χ4v) is 6.30. The third kappa shape index (κ3) is 4.96. The molecule has 1 amide bonds. The molecule has 0 bridgehead atoms. The number of halogens is 2. The maximum absolute atomic E-state index is 15.5. The van der Waals surface area contributed by atoms with Gasteiger partial charge in [-0.2, -0.15) is 0 Å². The quantitative estimate of drug-likeness (QED) is 0.374. The standard InChI is InChI=1S/C30H35ClFN3O4/c1-28(2,3)30(27(38)39)22(11-12-35(30)29(4,5)6)18-13-20-24(23(32)14-18)33-16-21(25(20)36)26(37)34-15-17-7-9-19(31)10-8-17/h7-10,13-14,16,22H,11-12,15H2,1-6H3,(H,33,36)(H,34,37)(H,38,39). The number of hydrogen-bond acceptors (Lipinski definition) is 4. The second-order valence-electron chi connectivity index (χ2n) is 12.3. The Morgan fingerprint density at radius 3 is 2.36 bits per heavy atom. The average molecular weight is 556 g/mol. The van der Waals surface area contributed by atoms with E-state index < -0.39 is 45.5 Å². The maximum atomic E-state index is 15.5. The van der Waals surface area contributed by atoms with Gasteiger partial charge in [0.15, 0.2) is 0 Å². The number of nitrogens with zero attached hydrogens (tertiary/aromatic N) is 1. The topological polar surface area (TPSA) is 103 Å². The Hall–Kier alpha value is -3.23. The van der Waals surface area contributed by atoms with E-state index in [4.69, 9.17) is 11.6 Å². The highest BCUT2D eigenvalue weighted by Crippen LogP contribution is 2.54. The van der Waals surface area contributed by atoms with Crippen molar-refractivity contribution < 1.29 is 19.1 Å². The first-order valence-corrected chi connectivity index (χ1v) is 13.4. The number of carboxylic acids is 1. The zero-order valence-corrected chi connectivity index (χ0v) is 23.9. The van der Waals surface area contributed by atoms with E-state index in [0.717, 1.165) is 5.56 Å². The number of H-pyrrole nitrogens is 1. The van der Waals surface area contributed by atoms with Crippen molar-refractivity contribution in [2.75, 3.05) is 6.54 Å². The summed E-state index contributed by atoms with van der Waals surface area (Å²) in [5, 5.41) is 14.0. The fraction of sp³-hybridized carbons (Fsp3) is 0.433. The number of aromatic amines is 1. The maximum Gasteiger partial charge on any atom is 0.325 e. The molecule has 39 heavy (non-hydrogen) atoms. The van der Waals surface area contributed by atoms with Crippen LogP contribution in [0.2, 0.25) is 5.02 Å². The second-order valence-corrected chi connectivity index (χ2v) is 12.7. The van der Waals surface area contributed by atoms with Crippen molar-refractivity contribution in [3.05, 3.63) is 80.3 Å². The third-order valence-corrected chi connectivity index (χ3v) is 8.08. The average Bonchev–Trinajstić information content (AvgIpc) is 3.27. The molecule has 2 atom stereocenters. The molecule has 4 rings (SSSR count). The lowest BCUT2D eigenvalue weighted by atomic mass is 9.63. The van der Waals surface area contributed by atoms with Gasteiger partial charge in [-0.05, 0) is 68.0 Å². The summed E-state index contributed by atoms with van der Waals surface area (Å²) in [6.45, 7) is 12.2. The highest BCUT2D eigenvalue weighted by molar-refractivity contribution is 6.30. The highest BCUT2D eigenvalue weighted by atomic mass is 35.5. The van der Waals surface area contributed by atoms with Crippen molar-refractivity contribution in [2.45, 2.75) is 71.5 Å². The number of nitrogens with one attached hydrogen (secondary N) is 2. The molecule has 3 aromatic rings. The van der Waals surface area contributed by atoms with E-state index in [1.165, 1.54) is 12.3 Å². The number of fused-ring (bicyclic) bond motifs is 1. The Bertz CT molecular complexity index is 1490. The number of aromatic nitrogens is 1. The zero-order valence-electron chi connectivity index (χ0n) is 23.1. The molecule has 1 aliphatic rings. The summed E-state index contributed by atoms with van der Waals surface area (Å²) in [5.74, 6) is -2.85. The molecule has 0 saturated carbocycles. The van der Waals surface area contributed by atoms with Crippen molar-refractivity contribution in [3.63, 3.8) is 0 Å². The van der Waals surface area contributed by atoms with Crippen molar-refractivity contribution >= 4 is 34.4 Å². The molecule has 7 nitrogen and oxygen atoms in total. The van der Waals surface area contributed by atoms with E-state index in [2.05, 4.69) is 10.3 Å². The molecule has 2 heterocycles. The van der Waals surface area contributed by atoms with Crippen LogP contribution >= 0.6 is 11.6 Å². The minimum absolute atomic E-state index is 0.00606. The number of carbonyl (C=O) groups is 2. The Balaban J connectivity index is 1.79. The molecule has 1 fully saturated rings. The van der Waals surface area contributed by atoms with E-state index in [-0.39, 0.29) is 23.0 Å². The van der Waals surface area contributed by atoms with Crippen molar-refractivity contribution in [1.82, 2.24) is 15.2 Å². The van der Waals surface area contributed by atoms with Crippen LogP contribution in [-0.4, -0.2) is 44.5 Å². The van der Waals surface area contributed by atoms with Gasteiger partial charge in [-0.1, -0.05) is 44.5 Å². The normalized spacial score (nSPS) is 20.4. The molecule has 9 heteroatoms. The van der Waals surface area contributed by atoms with Gasteiger partial charge in [0.25, 0.3) is 5.91 Å². The van der Waals surface area contributed by atoms with Gasteiger partial charge in [0.1, 0.15) is 16.9 Å². The smallest absolute Gasteiger partial charge is 0.325 e. The molecule has 1 aliphatic heterocycles. The number of carboxylic acid groups (broad SMARTS) is 1. The summed E-state index contributed by atoms with van der Waals surface area (Å²) in [6.07, 6.45) is 1.68. The number of benzene rings is 2. The number of aliphatic carboxylic acids is 1. The summed E-state index contributed by atoms with van der Waals surface area (Å²) in [4.78, 5) is 44.2. The second kappa shape index (κ2) is 10.1. The summed E-state index contributed by atoms with van der Waals surface area (Å²) in [6, 6.07) is 9.80. The Morgan fingerprint density at radius 2 is 1.79 bits per heavy atom. The Labute approximate surface area is 232 Å². The van der Waals surface area contributed by atoms with Gasteiger partial charge in [-0.3, -0.25) is 19.3 Å². The molecule has 3 N–H and O–H groups in total. The highest BCUT2D eigenvalue weighted by Gasteiger charge is 2.63. The molecule has 2 unspecified atom stereocenters. The SMILES string of the molecule is CC(C)(C)N1CCC(c2cc(F)c3[nH]cc(C(=O)NCc4ccc(Cl)cc4)c(=O)c3c2)C1(C(=O)O)C(C)(C)C. The number of carbonyl (C=O) groups excluding carboxylic acids is 1. The molecule has 208 valence electrons. The van der Waals surface area contributed by atoms with Gasteiger partial charge in [0.2, 0.25) is 5.43 Å². The summed E-state index contributed by atoms with van der Waals surface area (Å²) in [5.41, 5.74) is -2.14. The van der Waals surface area contributed by atoms with Gasteiger partial charge >= 0.3 is 5.97 Å². The number of likely N-dealkylation sites (tertiary alicyclic amines) is 1. The lowest BCUT2D eigenvalue weighted by Gasteiger charge is -2.53. The molecule has 0 spiro atoms. The monoisotopic (exact) mass is 555 g/mol. The minimum atomic E-state index is -1.36. The number of rotatable bonds is 5. The predicted octanol–water partition coefficient (Wildman–Crippen LogP) is 5.71. The Kier molecular flexibility index (Phi) is 7.42. The van der Waals surface area contributed by atoms with Crippen LogP contribution in [0.25, 0.3) is 10.9 Å². The van der Waals surface area contributed by atoms with E-state index in [1.54, 1.807) is 30.3 Å². The first-order valence-electron chi connectivity index (χ1n) is 13.0. The van der Waals surface area contributed by atoms with Crippen molar-refractivity contribution in [3.8, 4) is 0 Å². The summed E-state index contributed by atoms with van der Waals surface area (Å²) < 4.78 is 15.5. The van der Waals surface area contributed by atoms with Crippen LogP contribution in [-0.2, 0) is 11.3 Å². The van der Waals surface area contributed by atoms with E-state index in [0.29, 0.717) is 23.6 Å². The molecular weight excluding hydrogens is 521 g/mol. The zero-order chi connectivity index (χ0) is 28.9. The van der Waals surface area contributed by atoms with Crippen molar-refractivity contribution in [1.29, 1.82) is 0 Å². The van der Waals surface area contributed by atoms with Gasteiger partial charge in [-0.15, -0.1) is 0 Å². The minimum Gasteiger partial charge on any atom is -0.480 e. The predicted molar refractivity (Wildman–Crippen MR) is 151 cm³/mol. The Morgan fingerprint density at radius 1 is 1.15 bits per heavy atom. The number of amides is 1. The van der Waals surface area contributed by atoms with E-state index in [9.17, 15) is 19.5 Å². The lowest BCUT2D eigenvalue weighted by molar-refractivity contribution is -0.164. The van der Waals surface area contributed by atoms with Crippen LogP contribution in [0.3, 0.4) is 0 Å². The molecule has 2 aromatic carbocycles. The van der Waals surface area contributed by atoms with Crippen LogP contribution < -0.4 is 10.7 Å². The van der Waals surface area contributed by atoms with Crippen molar-refractivity contribution in [2.24, 2.45) is 5.41 Å². The number of pyridine rings is 1. The van der Waals surface area contributed by atoms with E-state index >= 15 is 4.39 Å². The van der Waals surface area contributed by atoms with Crippen LogP contribution in [0.1, 0.15) is 75.4 Å². The molecule has 1 aromatic heterocycles. The van der Waals surface area contributed by atoms with Gasteiger partial charge in [0, 0.05) is 41.2 Å². The summed E-state index contributed by atoms with van der Waals surface area (Å²) >= 11 is 5.91. The largest absolute Gasteiger partial charge is 0.480 e. The lowest BCUT2D eigenvalue weighted by Crippen LogP contribution is -2.66. The third-order valence-electron chi connectivity index (χ3n) is 7.83.